The van der Waals surface area contributed by atoms with Crippen molar-refractivity contribution in [1.29, 1.82) is 0 Å². The molecule has 1 aliphatic rings. The Bertz CT molecular complexity index is 913. The smallest absolute Gasteiger partial charge is 0.0731 e. The molecule has 2 aromatic carbocycles. The van der Waals surface area contributed by atoms with Crippen LogP contribution in [0.1, 0.15) is 42.1 Å². The van der Waals surface area contributed by atoms with E-state index < -0.39 is 0 Å². The Hall–Kier alpha value is -2.71. The molecule has 2 atom stereocenters. The van der Waals surface area contributed by atoms with Crippen LogP contribution in [-0.2, 0) is 0 Å². The topological polar surface area (TPSA) is 24.9 Å². The molecule has 0 bridgehead atoms. The number of aryl methyl sites for hydroxylation is 1. The zero-order chi connectivity index (χ0) is 17.9. The Kier molecular flexibility index (Phi) is 4.68. The number of hydrogen-bond acceptors (Lipinski definition) is 2. The van der Waals surface area contributed by atoms with Gasteiger partial charge in [0, 0.05) is 17.8 Å². The van der Waals surface area contributed by atoms with E-state index in [1.807, 2.05) is 12.3 Å². The van der Waals surface area contributed by atoms with Gasteiger partial charge in [-0.25, -0.2) is 0 Å². The third-order valence-corrected chi connectivity index (χ3v) is 5.18. The molecular weight excluding hydrogens is 316 g/mol. The molecule has 2 heteroatoms. The van der Waals surface area contributed by atoms with E-state index in [-0.39, 0.29) is 6.04 Å². The Morgan fingerprint density at radius 2 is 1.58 bits per heavy atom. The predicted octanol–water partition coefficient (Wildman–Crippen LogP) is 5.78. The average molecular weight is 340 g/mol. The first-order valence-electron chi connectivity index (χ1n) is 9.22. The summed E-state index contributed by atoms with van der Waals surface area (Å²) in [7, 11) is 0. The summed E-state index contributed by atoms with van der Waals surface area (Å²) in [5, 5.41) is 3.81. The lowest BCUT2D eigenvalue weighted by atomic mass is 9.90. The van der Waals surface area contributed by atoms with Gasteiger partial charge in [-0.2, -0.15) is 0 Å². The Morgan fingerprint density at radius 1 is 0.885 bits per heavy atom. The predicted molar refractivity (Wildman–Crippen MR) is 108 cm³/mol. The summed E-state index contributed by atoms with van der Waals surface area (Å²) >= 11 is 0. The van der Waals surface area contributed by atoms with Crippen LogP contribution in [-0.4, -0.2) is 4.98 Å². The lowest BCUT2D eigenvalue weighted by molar-refractivity contribution is 0.456. The van der Waals surface area contributed by atoms with Crippen LogP contribution in [0.25, 0.3) is 11.3 Å². The van der Waals surface area contributed by atoms with E-state index in [1.54, 1.807) is 0 Å². The van der Waals surface area contributed by atoms with Crippen molar-refractivity contribution in [2.24, 2.45) is 0 Å². The average Bonchev–Trinajstić information content (AvgIpc) is 2.69. The molecule has 0 amide bonds. The number of benzene rings is 2. The maximum atomic E-state index is 4.78. The molecule has 0 radical (unpaired) electrons. The molecule has 1 N–H and O–H groups in total. The van der Waals surface area contributed by atoms with Crippen LogP contribution in [0.5, 0.6) is 0 Å². The van der Waals surface area contributed by atoms with Crippen LogP contribution in [0.3, 0.4) is 0 Å². The molecule has 1 aliphatic heterocycles. The highest BCUT2D eigenvalue weighted by Gasteiger charge is 2.24. The highest BCUT2D eigenvalue weighted by atomic mass is 15.0. The van der Waals surface area contributed by atoms with Crippen LogP contribution in [0, 0.1) is 6.92 Å². The first-order chi connectivity index (χ1) is 12.7. The van der Waals surface area contributed by atoms with Crippen molar-refractivity contribution in [3.05, 3.63) is 101 Å². The van der Waals surface area contributed by atoms with Gasteiger partial charge < -0.3 is 0 Å². The van der Waals surface area contributed by atoms with E-state index in [9.17, 15) is 0 Å². The van der Waals surface area contributed by atoms with Crippen molar-refractivity contribution >= 4 is 0 Å². The van der Waals surface area contributed by atoms with Crippen molar-refractivity contribution in [3.8, 4) is 11.3 Å². The monoisotopic (exact) mass is 340 g/mol. The molecule has 0 spiro atoms. The van der Waals surface area contributed by atoms with E-state index in [4.69, 9.17) is 4.98 Å². The minimum absolute atomic E-state index is 0.268. The third-order valence-electron chi connectivity index (χ3n) is 5.18. The maximum Gasteiger partial charge on any atom is 0.0731 e. The summed E-state index contributed by atoms with van der Waals surface area (Å²) in [6.45, 7) is 4.36. The largest absolute Gasteiger partial charge is 0.299 e. The molecule has 1 aromatic heterocycles. The van der Waals surface area contributed by atoms with E-state index >= 15 is 0 Å². The van der Waals surface area contributed by atoms with Gasteiger partial charge in [-0.3, -0.25) is 10.3 Å². The van der Waals surface area contributed by atoms with E-state index in [1.165, 1.54) is 27.8 Å². The molecule has 0 saturated carbocycles. The summed E-state index contributed by atoms with van der Waals surface area (Å²) in [6.07, 6.45) is 5.39. The first kappa shape index (κ1) is 16.7. The van der Waals surface area contributed by atoms with Crippen LogP contribution < -0.4 is 5.32 Å². The van der Waals surface area contributed by atoms with Crippen molar-refractivity contribution in [2.75, 3.05) is 0 Å². The SMILES string of the molecule is CC1=CCC(c2cnc(-c3ccccc3)c(C)c2)NC1c1ccccc1. The minimum Gasteiger partial charge on any atom is -0.299 e. The second-order valence-electron chi connectivity index (χ2n) is 7.05. The van der Waals surface area contributed by atoms with Gasteiger partial charge in [0.15, 0.2) is 0 Å². The molecule has 2 heterocycles. The van der Waals surface area contributed by atoms with Crippen LogP contribution in [0.4, 0.5) is 0 Å². The van der Waals surface area contributed by atoms with Gasteiger partial charge in [0.25, 0.3) is 0 Å². The van der Waals surface area contributed by atoms with Crippen molar-refractivity contribution < 1.29 is 0 Å². The Labute approximate surface area is 155 Å². The van der Waals surface area contributed by atoms with E-state index in [0.29, 0.717) is 6.04 Å². The molecule has 3 aromatic rings. The minimum atomic E-state index is 0.268. The highest BCUT2D eigenvalue weighted by Crippen LogP contribution is 2.33. The maximum absolute atomic E-state index is 4.78. The number of hydrogen-bond donors (Lipinski definition) is 1. The van der Waals surface area contributed by atoms with Gasteiger partial charge >= 0.3 is 0 Å². The van der Waals surface area contributed by atoms with Crippen LogP contribution in [0.15, 0.2) is 84.6 Å². The van der Waals surface area contributed by atoms with Gasteiger partial charge in [-0.05, 0) is 37.0 Å². The highest BCUT2D eigenvalue weighted by molar-refractivity contribution is 5.62. The lowest BCUT2D eigenvalue weighted by Crippen LogP contribution is -2.30. The second kappa shape index (κ2) is 7.27. The number of nitrogens with zero attached hydrogens (tertiary/aromatic N) is 1. The fourth-order valence-electron chi connectivity index (χ4n) is 3.74. The van der Waals surface area contributed by atoms with Gasteiger partial charge in [-0.1, -0.05) is 78.4 Å². The summed E-state index contributed by atoms with van der Waals surface area (Å²) in [5.41, 5.74) is 7.42. The summed E-state index contributed by atoms with van der Waals surface area (Å²) in [5.74, 6) is 0. The zero-order valence-electron chi connectivity index (χ0n) is 15.3. The van der Waals surface area contributed by atoms with Gasteiger partial charge in [0.05, 0.1) is 11.7 Å². The fourth-order valence-corrected chi connectivity index (χ4v) is 3.74. The van der Waals surface area contributed by atoms with Crippen molar-refractivity contribution in [3.63, 3.8) is 0 Å². The normalized spacial score (nSPS) is 19.8. The third kappa shape index (κ3) is 3.33. The molecule has 130 valence electrons. The van der Waals surface area contributed by atoms with Crippen molar-refractivity contribution in [1.82, 2.24) is 10.3 Å². The standard InChI is InChI=1S/C24H24N2/c1-17-13-14-22(26-24(17)20-11-7-4-8-12-20)21-15-18(2)23(25-16-21)19-9-5-3-6-10-19/h3-13,15-16,22,24,26H,14H2,1-2H3. The molecular formula is C24H24N2. The number of aromatic nitrogens is 1. The van der Waals surface area contributed by atoms with Crippen LogP contribution in [0.2, 0.25) is 0 Å². The lowest BCUT2D eigenvalue weighted by Gasteiger charge is -2.31. The Balaban J connectivity index is 1.61. The zero-order valence-corrected chi connectivity index (χ0v) is 15.3. The van der Waals surface area contributed by atoms with Gasteiger partial charge in [0.1, 0.15) is 0 Å². The summed E-state index contributed by atoms with van der Waals surface area (Å²) in [6, 6.07) is 23.9. The fraction of sp³-hybridized carbons (Fsp3) is 0.208. The van der Waals surface area contributed by atoms with E-state index in [0.717, 1.165) is 12.1 Å². The first-order valence-corrected chi connectivity index (χ1v) is 9.22. The molecule has 0 fully saturated rings. The van der Waals surface area contributed by atoms with Crippen LogP contribution >= 0.6 is 0 Å². The number of pyridine rings is 1. The molecule has 2 nitrogen and oxygen atoms in total. The quantitative estimate of drug-likeness (QED) is 0.611. The second-order valence-corrected chi connectivity index (χ2v) is 7.05. The van der Waals surface area contributed by atoms with E-state index in [2.05, 4.69) is 85.9 Å². The number of rotatable bonds is 3. The molecule has 0 aliphatic carbocycles. The molecule has 4 rings (SSSR count). The van der Waals surface area contributed by atoms with Gasteiger partial charge in [-0.15, -0.1) is 0 Å². The molecule has 26 heavy (non-hydrogen) atoms. The Morgan fingerprint density at radius 3 is 2.27 bits per heavy atom. The van der Waals surface area contributed by atoms with Gasteiger partial charge in [0.2, 0.25) is 0 Å². The number of nitrogens with one attached hydrogen (secondary N) is 1. The molecule has 0 saturated heterocycles. The summed E-state index contributed by atoms with van der Waals surface area (Å²) < 4.78 is 0. The van der Waals surface area contributed by atoms with Crippen molar-refractivity contribution in [2.45, 2.75) is 32.4 Å². The summed E-state index contributed by atoms with van der Waals surface area (Å²) in [4.78, 5) is 4.78. The molecule has 2 unspecified atom stereocenters.